The Morgan fingerprint density at radius 1 is 0.745 bits per heavy atom. The quantitative estimate of drug-likeness (QED) is 0.130. The second-order valence-electron chi connectivity index (χ2n) is 12.8. The molecule has 1 aromatic heterocycles. The van der Waals surface area contributed by atoms with Crippen molar-refractivity contribution >= 4 is 17.7 Å². The van der Waals surface area contributed by atoms with Crippen LogP contribution in [0.5, 0.6) is 0 Å². The molecule has 4 atom stereocenters. The summed E-state index contributed by atoms with van der Waals surface area (Å²) >= 11 is 1.54. The van der Waals surface area contributed by atoms with Gasteiger partial charge in [0, 0.05) is 41.8 Å². The van der Waals surface area contributed by atoms with E-state index in [1.807, 2.05) is 97.1 Å². The van der Waals surface area contributed by atoms with Gasteiger partial charge in [-0.2, -0.15) is 0 Å². The van der Waals surface area contributed by atoms with Crippen LogP contribution < -0.4 is 5.32 Å². The van der Waals surface area contributed by atoms with Crippen molar-refractivity contribution in [3.05, 3.63) is 156 Å². The van der Waals surface area contributed by atoms with Gasteiger partial charge >= 0.3 is 0 Å². The van der Waals surface area contributed by atoms with Crippen molar-refractivity contribution in [1.82, 2.24) is 10.3 Å². The fourth-order valence-electron chi connectivity index (χ4n) is 6.32. The normalized spacial score (nSPS) is 18.7. The van der Waals surface area contributed by atoms with Crippen molar-refractivity contribution in [2.45, 2.75) is 50.7 Å². The highest BCUT2D eigenvalue weighted by Gasteiger charge is 2.38. The highest BCUT2D eigenvalue weighted by Crippen LogP contribution is 2.44. The van der Waals surface area contributed by atoms with E-state index < -0.39 is 6.29 Å². The molecule has 1 fully saturated rings. The number of aliphatic hydroxyl groups is 1. The number of ether oxygens (including phenoxy) is 2. The number of aliphatic hydroxyl groups excluding tert-OH is 1. The lowest BCUT2D eigenvalue weighted by molar-refractivity contribution is -0.268. The molecule has 6 aromatic rings. The monoisotopic (exact) mass is 696 g/mol. The number of oxazole rings is 1. The third-order valence-electron chi connectivity index (χ3n) is 9.17. The SMILES string of the molecule is CC(=O)NCc1cccc(-c2ccc(C3OC(CSc4nc(-c5ccccc5)c(-c5ccccc5)o4)C(C)C(c4ccc(CO)cc4)O3)cc2)c1. The van der Waals surface area contributed by atoms with Crippen molar-refractivity contribution in [2.75, 3.05) is 5.75 Å². The fraction of sp³-hybridized carbons (Fsp3) is 0.209. The molecular weight excluding hydrogens is 657 g/mol. The molecule has 4 unspecified atom stereocenters. The minimum atomic E-state index is -0.598. The summed E-state index contributed by atoms with van der Waals surface area (Å²) in [4.78, 5) is 16.4. The van der Waals surface area contributed by atoms with E-state index in [1.165, 1.54) is 6.92 Å². The van der Waals surface area contributed by atoms with Gasteiger partial charge in [0.05, 0.1) is 18.8 Å². The number of hydrogen-bond donors (Lipinski definition) is 2. The van der Waals surface area contributed by atoms with E-state index in [-0.39, 0.29) is 30.6 Å². The van der Waals surface area contributed by atoms with E-state index in [4.69, 9.17) is 18.9 Å². The zero-order valence-corrected chi connectivity index (χ0v) is 29.4. The molecule has 1 aliphatic heterocycles. The minimum absolute atomic E-state index is 0.0106. The first-order valence-electron chi connectivity index (χ1n) is 17.1. The Hall–Kier alpha value is -4.99. The molecule has 1 amide bonds. The number of thioether (sulfide) groups is 1. The molecule has 2 N–H and O–H groups in total. The Labute approximate surface area is 302 Å². The number of rotatable bonds is 11. The average Bonchev–Trinajstić information content (AvgIpc) is 3.62. The Morgan fingerprint density at radius 2 is 1.41 bits per heavy atom. The molecule has 5 aromatic carbocycles. The molecule has 0 aliphatic carbocycles. The zero-order chi connectivity index (χ0) is 35.2. The summed E-state index contributed by atoms with van der Waals surface area (Å²) in [7, 11) is 0. The summed E-state index contributed by atoms with van der Waals surface area (Å²) in [6.07, 6.45) is -1.02. The van der Waals surface area contributed by atoms with Crippen molar-refractivity contribution < 1.29 is 23.8 Å². The minimum Gasteiger partial charge on any atom is -0.431 e. The summed E-state index contributed by atoms with van der Waals surface area (Å²) in [6, 6.07) is 44.6. The highest BCUT2D eigenvalue weighted by atomic mass is 32.2. The number of hydrogen-bond acceptors (Lipinski definition) is 7. The van der Waals surface area contributed by atoms with Crippen LogP contribution in [-0.4, -0.2) is 27.9 Å². The number of nitrogens with one attached hydrogen (secondary N) is 1. The molecule has 0 radical (unpaired) electrons. The van der Waals surface area contributed by atoms with E-state index in [0.717, 1.165) is 56.0 Å². The number of amides is 1. The number of aromatic nitrogens is 1. The van der Waals surface area contributed by atoms with Crippen molar-refractivity contribution in [1.29, 1.82) is 0 Å². The predicted molar refractivity (Wildman–Crippen MR) is 200 cm³/mol. The van der Waals surface area contributed by atoms with Gasteiger partial charge in [-0.3, -0.25) is 4.79 Å². The molecule has 258 valence electrons. The van der Waals surface area contributed by atoms with Crippen LogP contribution >= 0.6 is 11.8 Å². The van der Waals surface area contributed by atoms with Gasteiger partial charge < -0.3 is 24.3 Å². The fourth-order valence-corrected chi connectivity index (χ4v) is 7.31. The van der Waals surface area contributed by atoms with Gasteiger partial charge in [-0.1, -0.05) is 146 Å². The molecule has 0 bridgehead atoms. The van der Waals surface area contributed by atoms with Gasteiger partial charge in [-0.25, -0.2) is 4.98 Å². The Bertz CT molecular complexity index is 1990. The lowest BCUT2D eigenvalue weighted by Crippen LogP contribution is -2.38. The standard InChI is InChI=1S/C43H40N2O5S/c1-28-38(27-51-43-45-39(33-11-5-3-6-12-33)41(50-43)34-13-7-4-8-14-34)48-42(49-40(28)35-18-16-30(26-46)17-19-35)36-22-20-32(21-23-36)37-15-9-10-31(24-37)25-44-29(2)47/h3-24,28,38,40,42,46H,25-27H2,1-2H3,(H,44,47). The van der Waals surface area contributed by atoms with Crippen LogP contribution in [0.1, 0.15) is 48.5 Å². The first-order valence-corrected chi connectivity index (χ1v) is 18.1. The van der Waals surface area contributed by atoms with Gasteiger partial charge in [0.15, 0.2) is 12.1 Å². The van der Waals surface area contributed by atoms with Gasteiger partial charge in [-0.05, 0) is 33.9 Å². The summed E-state index contributed by atoms with van der Waals surface area (Å²) in [5.41, 5.74) is 8.74. The van der Waals surface area contributed by atoms with Crippen molar-refractivity contribution in [3.8, 4) is 33.7 Å². The summed E-state index contributed by atoms with van der Waals surface area (Å²) in [6.45, 7) is 4.15. The number of carbonyl (C=O) groups is 1. The maximum absolute atomic E-state index is 11.4. The zero-order valence-electron chi connectivity index (χ0n) is 28.6. The summed E-state index contributed by atoms with van der Waals surface area (Å²) in [5, 5.41) is 13.1. The van der Waals surface area contributed by atoms with Crippen LogP contribution in [0.25, 0.3) is 33.7 Å². The molecule has 7 rings (SSSR count). The average molecular weight is 697 g/mol. The van der Waals surface area contributed by atoms with Crippen molar-refractivity contribution in [3.63, 3.8) is 0 Å². The smallest absolute Gasteiger partial charge is 0.256 e. The summed E-state index contributed by atoms with van der Waals surface area (Å²) < 4.78 is 19.9. The lowest BCUT2D eigenvalue weighted by atomic mass is 9.91. The highest BCUT2D eigenvalue weighted by molar-refractivity contribution is 7.99. The van der Waals surface area contributed by atoms with Crippen molar-refractivity contribution in [2.24, 2.45) is 5.92 Å². The predicted octanol–water partition coefficient (Wildman–Crippen LogP) is 9.39. The second-order valence-corrected chi connectivity index (χ2v) is 13.7. The van der Waals surface area contributed by atoms with Gasteiger partial charge in [0.1, 0.15) is 5.69 Å². The number of benzene rings is 5. The van der Waals surface area contributed by atoms with E-state index >= 15 is 0 Å². The van der Waals surface area contributed by atoms with E-state index in [2.05, 4.69) is 48.6 Å². The number of nitrogens with zero attached hydrogens (tertiary/aromatic N) is 1. The third-order valence-corrected chi connectivity index (χ3v) is 10.1. The van der Waals surface area contributed by atoms with Crippen LogP contribution in [0.15, 0.2) is 143 Å². The largest absolute Gasteiger partial charge is 0.431 e. The van der Waals surface area contributed by atoms with Crippen LogP contribution in [0.3, 0.4) is 0 Å². The maximum atomic E-state index is 11.4. The lowest BCUT2D eigenvalue weighted by Gasteiger charge is -2.41. The molecule has 7 nitrogen and oxygen atoms in total. The third kappa shape index (κ3) is 8.16. The van der Waals surface area contributed by atoms with E-state index in [1.54, 1.807) is 11.8 Å². The Kier molecular flexibility index (Phi) is 10.8. The van der Waals surface area contributed by atoms with Gasteiger partial charge in [0.25, 0.3) is 5.22 Å². The number of carbonyl (C=O) groups excluding carboxylic acids is 1. The molecule has 0 spiro atoms. The van der Waals surface area contributed by atoms with Gasteiger partial charge in [-0.15, -0.1) is 0 Å². The Morgan fingerprint density at radius 3 is 2.10 bits per heavy atom. The van der Waals surface area contributed by atoms with E-state index in [9.17, 15) is 9.90 Å². The van der Waals surface area contributed by atoms with Gasteiger partial charge in [0.2, 0.25) is 5.91 Å². The molecular formula is C43H40N2O5S. The molecule has 1 aliphatic rings. The van der Waals surface area contributed by atoms with E-state index in [0.29, 0.717) is 17.5 Å². The summed E-state index contributed by atoms with van der Waals surface area (Å²) in [5.74, 6) is 1.30. The second kappa shape index (κ2) is 15.9. The molecule has 51 heavy (non-hydrogen) atoms. The molecule has 2 heterocycles. The Balaban J connectivity index is 1.14. The molecule has 1 saturated heterocycles. The first-order chi connectivity index (χ1) is 24.9. The van der Waals surface area contributed by atoms with Crippen LogP contribution in [0.2, 0.25) is 0 Å². The molecule has 0 saturated carbocycles. The maximum Gasteiger partial charge on any atom is 0.256 e. The van der Waals surface area contributed by atoms with Crippen LogP contribution in [-0.2, 0) is 27.4 Å². The first kappa shape index (κ1) is 34.5. The molecule has 8 heteroatoms. The van der Waals surface area contributed by atoms with Crippen LogP contribution in [0, 0.1) is 5.92 Å². The topological polar surface area (TPSA) is 93.8 Å². The van der Waals surface area contributed by atoms with Crippen LogP contribution in [0.4, 0.5) is 0 Å².